The predicted molar refractivity (Wildman–Crippen MR) is 75.8 cm³/mol. The average molecular weight is 248 g/mol. The fourth-order valence-electron chi connectivity index (χ4n) is 1.70. The van der Waals surface area contributed by atoms with Crippen LogP contribution >= 0.6 is 0 Å². The molecule has 3 nitrogen and oxygen atoms in total. The minimum Gasteiger partial charge on any atom is -0.338 e. The number of benzene rings is 1. The highest BCUT2D eigenvalue weighted by Gasteiger charge is 2.06. The first-order valence-corrected chi connectivity index (χ1v) is 6.68. The Morgan fingerprint density at radius 2 is 1.94 bits per heavy atom. The Labute approximate surface area is 110 Å². The number of nitrogens with zero attached hydrogens (tertiary/aromatic N) is 1. The highest BCUT2D eigenvalue weighted by Crippen LogP contribution is 2.03. The first kappa shape index (κ1) is 14.6. The van der Waals surface area contributed by atoms with Gasteiger partial charge < -0.3 is 10.2 Å². The van der Waals surface area contributed by atoms with Crippen molar-refractivity contribution in [2.45, 2.75) is 33.1 Å². The van der Waals surface area contributed by atoms with Gasteiger partial charge in [0, 0.05) is 20.1 Å². The van der Waals surface area contributed by atoms with E-state index in [9.17, 15) is 4.79 Å². The molecule has 0 saturated heterocycles. The van der Waals surface area contributed by atoms with E-state index in [1.165, 1.54) is 11.1 Å². The fourth-order valence-corrected chi connectivity index (χ4v) is 1.70. The van der Waals surface area contributed by atoms with Crippen LogP contribution in [0.1, 0.15) is 30.9 Å². The summed E-state index contributed by atoms with van der Waals surface area (Å²) in [6.45, 7) is 5.72. The molecule has 1 aromatic carbocycles. The molecule has 1 aromatic rings. The second kappa shape index (κ2) is 7.75. The van der Waals surface area contributed by atoms with Crippen LogP contribution in [0, 0.1) is 6.92 Å². The molecule has 0 atom stereocenters. The summed E-state index contributed by atoms with van der Waals surface area (Å²) in [5.74, 6) is 0. The summed E-state index contributed by atoms with van der Waals surface area (Å²) in [6.07, 6.45) is 3.05. The molecule has 100 valence electrons. The Bertz CT molecular complexity index is 359. The van der Waals surface area contributed by atoms with E-state index in [4.69, 9.17) is 0 Å². The topological polar surface area (TPSA) is 32.3 Å². The summed E-state index contributed by atoms with van der Waals surface area (Å²) in [5, 5.41) is 2.94. The second-order valence-corrected chi connectivity index (χ2v) is 4.74. The Kier molecular flexibility index (Phi) is 6.26. The molecule has 0 radical (unpaired) electrons. The molecular weight excluding hydrogens is 224 g/mol. The number of unbranched alkanes of at least 4 members (excludes halogenated alkanes) is 1. The van der Waals surface area contributed by atoms with Gasteiger partial charge in [-0.25, -0.2) is 4.79 Å². The SMILES string of the molecule is CCCCN(C)C(=O)NCCc1ccc(C)cc1. The summed E-state index contributed by atoms with van der Waals surface area (Å²) in [7, 11) is 1.84. The van der Waals surface area contributed by atoms with Crippen molar-refractivity contribution < 1.29 is 4.79 Å². The number of carbonyl (C=O) groups excluding carboxylic acids is 1. The van der Waals surface area contributed by atoms with Gasteiger partial charge in [-0.3, -0.25) is 0 Å². The lowest BCUT2D eigenvalue weighted by atomic mass is 10.1. The second-order valence-electron chi connectivity index (χ2n) is 4.74. The zero-order valence-corrected chi connectivity index (χ0v) is 11.7. The van der Waals surface area contributed by atoms with Crippen molar-refractivity contribution in [1.29, 1.82) is 0 Å². The van der Waals surface area contributed by atoms with Crippen molar-refractivity contribution in [3.8, 4) is 0 Å². The third kappa shape index (κ3) is 5.21. The van der Waals surface area contributed by atoms with Gasteiger partial charge in [-0.15, -0.1) is 0 Å². The number of aryl methyl sites for hydroxylation is 1. The lowest BCUT2D eigenvalue weighted by Gasteiger charge is -2.17. The number of nitrogens with one attached hydrogen (secondary N) is 1. The van der Waals surface area contributed by atoms with Crippen molar-refractivity contribution in [2.24, 2.45) is 0 Å². The molecule has 0 aliphatic heterocycles. The molecular formula is C15H24N2O. The van der Waals surface area contributed by atoms with Crippen LogP contribution in [0.3, 0.4) is 0 Å². The van der Waals surface area contributed by atoms with Gasteiger partial charge in [-0.2, -0.15) is 0 Å². The maximum Gasteiger partial charge on any atom is 0.317 e. The Balaban J connectivity index is 2.24. The van der Waals surface area contributed by atoms with Crippen molar-refractivity contribution in [3.63, 3.8) is 0 Å². The van der Waals surface area contributed by atoms with Crippen LogP contribution in [-0.2, 0) is 6.42 Å². The monoisotopic (exact) mass is 248 g/mol. The molecule has 0 spiro atoms. The molecule has 1 rings (SSSR count). The van der Waals surface area contributed by atoms with Crippen molar-refractivity contribution in [3.05, 3.63) is 35.4 Å². The highest BCUT2D eigenvalue weighted by molar-refractivity contribution is 5.73. The van der Waals surface area contributed by atoms with Crippen LogP contribution in [0.5, 0.6) is 0 Å². The van der Waals surface area contributed by atoms with Gasteiger partial charge in [-0.05, 0) is 25.3 Å². The average Bonchev–Trinajstić information content (AvgIpc) is 2.38. The molecule has 0 bridgehead atoms. The normalized spacial score (nSPS) is 10.2. The molecule has 0 heterocycles. The van der Waals surface area contributed by atoms with Crippen LogP contribution in [-0.4, -0.2) is 31.1 Å². The maximum atomic E-state index is 11.7. The van der Waals surface area contributed by atoms with Crippen LogP contribution in [0.15, 0.2) is 24.3 Å². The summed E-state index contributed by atoms with van der Waals surface area (Å²) < 4.78 is 0. The van der Waals surface area contributed by atoms with Crippen LogP contribution in [0.4, 0.5) is 4.79 Å². The lowest BCUT2D eigenvalue weighted by Crippen LogP contribution is -2.38. The largest absolute Gasteiger partial charge is 0.338 e. The zero-order valence-electron chi connectivity index (χ0n) is 11.7. The van der Waals surface area contributed by atoms with E-state index in [1.807, 2.05) is 7.05 Å². The Morgan fingerprint density at radius 1 is 1.28 bits per heavy atom. The van der Waals surface area contributed by atoms with E-state index in [2.05, 4.69) is 43.4 Å². The van der Waals surface area contributed by atoms with E-state index in [-0.39, 0.29) is 6.03 Å². The van der Waals surface area contributed by atoms with Crippen LogP contribution in [0.25, 0.3) is 0 Å². The van der Waals surface area contributed by atoms with E-state index in [1.54, 1.807) is 4.90 Å². The van der Waals surface area contributed by atoms with Crippen molar-refractivity contribution in [1.82, 2.24) is 10.2 Å². The number of hydrogen-bond donors (Lipinski definition) is 1. The lowest BCUT2D eigenvalue weighted by molar-refractivity contribution is 0.208. The van der Waals surface area contributed by atoms with Gasteiger partial charge in [-0.1, -0.05) is 43.2 Å². The first-order valence-electron chi connectivity index (χ1n) is 6.68. The molecule has 0 aliphatic rings. The third-order valence-electron chi connectivity index (χ3n) is 3.00. The summed E-state index contributed by atoms with van der Waals surface area (Å²) in [6, 6.07) is 8.45. The zero-order chi connectivity index (χ0) is 13.4. The third-order valence-corrected chi connectivity index (χ3v) is 3.00. The van der Waals surface area contributed by atoms with Gasteiger partial charge in [0.15, 0.2) is 0 Å². The fraction of sp³-hybridized carbons (Fsp3) is 0.533. The minimum atomic E-state index is 0.0237. The van der Waals surface area contributed by atoms with Gasteiger partial charge in [0.1, 0.15) is 0 Å². The maximum absolute atomic E-state index is 11.7. The summed E-state index contributed by atoms with van der Waals surface area (Å²) in [5.41, 5.74) is 2.53. The number of hydrogen-bond acceptors (Lipinski definition) is 1. The number of carbonyl (C=O) groups is 1. The first-order chi connectivity index (χ1) is 8.63. The van der Waals surface area contributed by atoms with Crippen molar-refractivity contribution >= 4 is 6.03 Å². The summed E-state index contributed by atoms with van der Waals surface area (Å²) >= 11 is 0. The molecule has 18 heavy (non-hydrogen) atoms. The molecule has 3 heteroatoms. The van der Waals surface area contributed by atoms with Gasteiger partial charge in [0.05, 0.1) is 0 Å². The number of rotatable bonds is 6. The molecule has 0 unspecified atom stereocenters. The molecule has 1 N–H and O–H groups in total. The molecule has 0 saturated carbocycles. The predicted octanol–water partition coefficient (Wildman–Crippen LogP) is 2.98. The van der Waals surface area contributed by atoms with E-state index in [0.717, 1.165) is 25.8 Å². The molecule has 0 aromatic heterocycles. The minimum absolute atomic E-state index is 0.0237. The Morgan fingerprint density at radius 3 is 2.56 bits per heavy atom. The van der Waals surface area contributed by atoms with Crippen LogP contribution in [0.2, 0.25) is 0 Å². The van der Waals surface area contributed by atoms with E-state index in [0.29, 0.717) is 6.54 Å². The quantitative estimate of drug-likeness (QED) is 0.824. The van der Waals surface area contributed by atoms with Gasteiger partial charge in [0.25, 0.3) is 0 Å². The molecule has 2 amide bonds. The standard InChI is InChI=1S/C15H24N2O/c1-4-5-12-17(3)15(18)16-11-10-14-8-6-13(2)7-9-14/h6-9H,4-5,10-12H2,1-3H3,(H,16,18). The smallest absolute Gasteiger partial charge is 0.317 e. The van der Waals surface area contributed by atoms with Gasteiger partial charge in [0.2, 0.25) is 0 Å². The van der Waals surface area contributed by atoms with Crippen LogP contribution < -0.4 is 5.32 Å². The van der Waals surface area contributed by atoms with E-state index >= 15 is 0 Å². The highest BCUT2D eigenvalue weighted by atomic mass is 16.2. The number of amides is 2. The van der Waals surface area contributed by atoms with Gasteiger partial charge >= 0.3 is 6.03 Å². The van der Waals surface area contributed by atoms with E-state index < -0.39 is 0 Å². The Hall–Kier alpha value is -1.51. The molecule has 0 fully saturated rings. The number of urea groups is 1. The van der Waals surface area contributed by atoms with Crippen molar-refractivity contribution in [2.75, 3.05) is 20.1 Å². The molecule has 0 aliphatic carbocycles. The summed E-state index contributed by atoms with van der Waals surface area (Å²) in [4.78, 5) is 13.5.